The van der Waals surface area contributed by atoms with Crippen molar-refractivity contribution in [2.75, 3.05) is 26.3 Å². The van der Waals surface area contributed by atoms with E-state index in [9.17, 15) is 4.39 Å². The summed E-state index contributed by atoms with van der Waals surface area (Å²) >= 11 is 0. The minimum absolute atomic E-state index is 0.0566. The van der Waals surface area contributed by atoms with Crippen LogP contribution in [-0.4, -0.2) is 46.0 Å². The molecule has 33 heavy (non-hydrogen) atoms. The third-order valence-corrected chi connectivity index (χ3v) is 5.99. The average Bonchev–Trinajstić information content (AvgIpc) is 3.21. The summed E-state index contributed by atoms with van der Waals surface area (Å²) in [7, 11) is 1.94. The molecule has 0 bridgehead atoms. The van der Waals surface area contributed by atoms with Gasteiger partial charge in [-0.05, 0) is 54.1 Å². The van der Waals surface area contributed by atoms with E-state index < -0.39 is 0 Å². The van der Waals surface area contributed by atoms with E-state index in [2.05, 4.69) is 40.2 Å². The van der Waals surface area contributed by atoms with Crippen molar-refractivity contribution in [3.8, 4) is 5.75 Å². The number of hydrogen-bond acceptors (Lipinski definition) is 5. The zero-order valence-electron chi connectivity index (χ0n) is 18.7. The van der Waals surface area contributed by atoms with Crippen LogP contribution >= 0.6 is 0 Å². The maximum absolute atomic E-state index is 13.0. The molecule has 5 rings (SSSR count). The molecule has 4 aromatic rings. The Bertz CT molecular complexity index is 1220. The summed E-state index contributed by atoms with van der Waals surface area (Å²) in [6, 6.07) is 18.7. The number of aryl methyl sites for hydroxylation is 1. The molecular weight excluding hydrogens is 419 g/mol. The number of benzene rings is 2. The highest BCUT2D eigenvalue weighted by molar-refractivity contribution is 5.78. The van der Waals surface area contributed by atoms with Gasteiger partial charge in [-0.3, -0.25) is 14.6 Å². The Hall–Kier alpha value is -3.29. The number of morpholine rings is 1. The molecule has 0 aliphatic carbocycles. The minimum atomic E-state index is -0.266. The molecule has 170 valence electrons. The van der Waals surface area contributed by atoms with Gasteiger partial charge in [0, 0.05) is 50.4 Å². The number of halogens is 1. The van der Waals surface area contributed by atoms with Crippen LogP contribution in [0.3, 0.4) is 0 Å². The van der Waals surface area contributed by atoms with Crippen molar-refractivity contribution in [3.63, 3.8) is 0 Å². The second kappa shape index (κ2) is 9.68. The molecule has 0 amide bonds. The van der Waals surface area contributed by atoms with Crippen LogP contribution in [0, 0.1) is 5.82 Å². The second-order valence-corrected chi connectivity index (χ2v) is 8.36. The summed E-state index contributed by atoms with van der Waals surface area (Å²) in [4.78, 5) is 6.82. The van der Waals surface area contributed by atoms with Crippen LogP contribution in [0.2, 0.25) is 0 Å². The number of fused-ring (bicyclic) bond motifs is 1. The first-order chi connectivity index (χ1) is 16.1. The Morgan fingerprint density at radius 3 is 2.88 bits per heavy atom. The highest BCUT2D eigenvalue weighted by Crippen LogP contribution is 2.24. The molecule has 2 aromatic heterocycles. The van der Waals surface area contributed by atoms with E-state index in [-0.39, 0.29) is 11.9 Å². The summed E-state index contributed by atoms with van der Waals surface area (Å²) in [5.74, 6) is 0.396. The van der Waals surface area contributed by atoms with Crippen LogP contribution in [0.25, 0.3) is 10.9 Å². The van der Waals surface area contributed by atoms with Crippen molar-refractivity contribution in [3.05, 3.63) is 89.6 Å². The first kappa shape index (κ1) is 21.6. The van der Waals surface area contributed by atoms with Gasteiger partial charge in [0.25, 0.3) is 0 Å². The Morgan fingerprint density at radius 1 is 1.12 bits per heavy atom. The molecule has 7 heteroatoms. The van der Waals surface area contributed by atoms with Crippen LogP contribution < -0.4 is 4.74 Å². The highest BCUT2D eigenvalue weighted by Gasteiger charge is 2.25. The van der Waals surface area contributed by atoms with Gasteiger partial charge in [0.1, 0.15) is 17.7 Å². The number of rotatable bonds is 7. The Labute approximate surface area is 192 Å². The average molecular weight is 447 g/mol. The molecule has 1 saturated heterocycles. The second-order valence-electron chi connectivity index (χ2n) is 8.36. The van der Waals surface area contributed by atoms with E-state index in [1.165, 1.54) is 17.7 Å². The number of aromatic nitrogens is 3. The molecule has 6 nitrogen and oxygen atoms in total. The fourth-order valence-corrected chi connectivity index (χ4v) is 4.23. The lowest BCUT2D eigenvalue weighted by Gasteiger charge is -2.32. The van der Waals surface area contributed by atoms with Crippen molar-refractivity contribution in [2.24, 2.45) is 7.05 Å². The monoisotopic (exact) mass is 446 g/mol. The van der Waals surface area contributed by atoms with E-state index >= 15 is 0 Å². The van der Waals surface area contributed by atoms with E-state index in [0.717, 1.165) is 41.9 Å². The lowest BCUT2D eigenvalue weighted by atomic mass is 10.1. The van der Waals surface area contributed by atoms with Crippen LogP contribution in [0.5, 0.6) is 5.75 Å². The van der Waals surface area contributed by atoms with Crippen molar-refractivity contribution in [2.45, 2.75) is 19.1 Å². The lowest BCUT2D eigenvalue weighted by molar-refractivity contribution is -0.0352. The molecule has 0 spiro atoms. The van der Waals surface area contributed by atoms with Crippen LogP contribution in [0.4, 0.5) is 4.39 Å². The van der Waals surface area contributed by atoms with Gasteiger partial charge < -0.3 is 9.47 Å². The molecular formula is C26H27FN4O2. The zero-order valence-corrected chi connectivity index (χ0v) is 18.7. The maximum atomic E-state index is 13.0. The lowest BCUT2D eigenvalue weighted by Crippen LogP contribution is -2.38. The van der Waals surface area contributed by atoms with E-state index in [1.807, 2.05) is 24.0 Å². The quantitative estimate of drug-likeness (QED) is 0.424. The van der Waals surface area contributed by atoms with E-state index in [0.29, 0.717) is 25.4 Å². The topological polar surface area (TPSA) is 52.4 Å². The van der Waals surface area contributed by atoms with Gasteiger partial charge in [-0.15, -0.1) is 0 Å². The number of pyridine rings is 1. The molecule has 1 aliphatic heterocycles. The summed E-state index contributed by atoms with van der Waals surface area (Å²) in [5, 5.41) is 5.87. The summed E-state index contributed by atoms with van der Waals surface area (Å²) in [6.45, 7) is 3.74. The summed E-state index contributed by atoms with van der Waals surface area (Å²) in [6.07, 6.45) is 2.48. The van der Waals surface area contributed by atoms with Gasteiger partial charge in [0.15, 0.2) is 0 Å². The third kappa shape index (κ3) is 5.21. The molecule has 0 radical (unpaired) electrons. The fraction of sp³-hybridized carbons (Fsp3) is 0.308. The first-order valence-electron chi connectivity index (χ1n) is 11.2. The van der Waals surface area contributed by atoms with Crippen molar-refractivity contribution < 1.29 is 13.9 Å². The van der Waals surface area contributed by atoms with Crippen molar-refractivity contribution in [1.82, 2.24) is 19.7 Å². The predicted octanol–water partition coefficient (Wildman–Crippen LogP) is 4.30. The van der Waals surface area contributed by atoms with Crippen molar-refractivity contribution in [1.29, 1.82) is 0 Å². The number of nitrogens with zero attached hydrogens (tertiary/aromatic N) is 4. The van der Waals surface area contributed by atoms with Crippen LogP contribution in [0.15, 0.2) is 66.9 Å². The smallest absolute Gasteiger partial charge is 0.123 e. The minimum Gasteiger partial charge on any atom is -0.493 e. The Kier molecular flexibility index (Phi) is 6.32. The fourth-order valence-electron chi connectivity index (χ4n) is 4.23. The molecule has 0 unspecified atom stereocenters. The summed E-state index contributed by atoms with van der Waals surface area (Å²) in [5.41, 5.74) is 4.32. The SMILES string of the molecule is Cn1nc([C@H]2CN(Cc3ccc4ncccc4c3)CCO2)cc1CCOc1ccc(F)cc1. The van der Waals surface area contributed by atoms with Crippen LogP contribution in [0.1, 0.15) is 23.1 Å². The maximum Gasteiger partial charge on any atom is 0.123 e. The van der Waals surface area contributed by atoms with Gasteiger partial charge in [0.05, 0.1) is 24.4 Å². The van der Waals surface area contributed by atoms with Gasteiger partial charge >= 0.3 is 0 Å². The van der Waals surface area contributed by atoms with Gasteiger partial charge in [0.2, 0.25) is 0 Å². The standard InChI is InChI=1S/C26H27FN4O2/c1-30-22(10-13-32-23-7-5-21(27)6-8-23)16-25(29-30)26-18-31(12-14-33-26)17-19-4-9-24-20(15-19)3-2-11-28-24/h2-9,11,15-16,26H,10,12-14,17-18H2,1H3/t26-/m1/s1. The molecule has 2 aromatic carbocycles. The number of ether oxygens (including phenoxy) is 2. The van der Waals surface area contributed by atoms with Crippen LogP contribution in [-0.2, 0) is 24.8 Å². The normalized spacial score (nSPS) is 16.8. The molecule has 1 aliphatic rings. The predicted molar refractivity (Wildman–Crippen MR) is 125 cm³/mol. The number of hydrogen-bond donors (Lipinski definition) is 0. The molecule has 0 saturated carbocycles. The molecule has 1 atom stereocenters. The molecule has 3 heterocycles. The first-order valence-corrected chi connectivity index (χ1v) is 11.2. The van der Waals surface area contributed by atoms with E-state index in [1.54, 1.807) is 12.1 Å². The highest BCUT2D eigenvalue weighted by atomic mass is 19.1. The zero-order chi connectivity index (χ0) is 22.6. The molecule has 1 fully saturated rings. The molecule has 0 N–H and O–H groups in total. The van der Waals surface area contributed by atoms with Gasteiger partial charge in [-0.2, -0.15) is 5.10 Å². The Morgan fingerprint density at radius 2 is 2.00 bits per heavy atom. The Balaban J connectivity index is 1.19. The largest absolute Gasteiger partial charge is 0.493 e. The third-order valence-electron chi connectivity index (χ3n) is 5.99. The van der Waals surface area contributed by atoms with E-state index in [4.69, 9.17) is 14.6 Å². The summed E-state index contributed by atoms with van der Waals surface area (Å²) < 4.78 is 26.7. The van der Waals surface area contributed by atoms with Gasteiger partial charge in [-0.25, -0.2) is 4.39 Å². The van der Waals surface area contributed by atoms with Gasteiger partial charge in [-0.1, -0.05) is 12.1 Å². The van der Waals surface area contributed by atoms with Crippen molar-refractivity contribution >= 4 is 10.9 Å².